The van der Waals surface area contributed by atoms with Gasteiger partial charge in [-0.15, -0.1) is 0 Å². The molecular formula is C10H14N2O2. The summed E-state index contributed by atoms with van der Waals surface area (Å²) in [6, 6.07) is 5.96. The van der Waals surface area contributed by atoms with Gasteiger partial charge in [-0.1, -0.05) is 6.07 Å². The summed E-state index contributed by atoms with van der Waals surface area (Å²) in [4.78, 5) is 4.69. The second kappa shape index (κ2) is 3.86. The normalized spacial score (nSPS) is 18.9. The van der Waals surface area contributed by atoms with Crippen LogP contribution in [0.3, 0.4) is 0 Å². The standard InChI is InChI=1S/C10H14N2O2/c1-13-9-4-2-3-8-10(9)7(5-12-8)6-14-11/h2-4,7,12H,5-6,11H2,1H3. The maximum absolute atomic E-state index is 5.30. The van der Waals surface area contributed by atoms with Gasteiger partial charge in [0.1, 0.15) is 5.75 Å². The Morgan fingerprint density at radius 3 is 3.14 bits per heavy atom. The molecule has 1 aliphatic rings. The second-order valence-corrected chi connectivity index (χ2v) is 3.33. The van der Waals surface area contributed by atoms with Gasteiger partial charge in [0.25, 0.3) is 0 Å². The summed E-state index contributed by atoms with van der Waals surface area (Å²) >= 11 is 0. The van der Waals surface area contributed by atoms with Crippen molar-refractivity contribution >= 4 is 5.69 Å². The van der Waals surface area contributed by atoms with Crippen LogP contribution >= 0.6 is 0 Å². The van der Waals surface area contributed by atoms with Crippen molar-refractivity contribution in [3.63, 3.8) is 0 Å². The summed E-state index contributed by atoms with van der Waals surface area (Å²) in [6.45, 7) is 1.37. The van der Waals surface area contributed by atoms with E-state index in [4.69, 9.17) is 10.6 Å². The second-order valence-electron chi connectivity index (χ2n) is 3.33. The van der Waals surface area contributed by atoms with Crippen molar-refractivity contribution in [3.05, 3.63) is 23.8 Å². The van der Waals surface area contributed by atoms with Crippen LogP contribution in [0.15, 0.2) is 18.2 Å². The molecule has 1 aliphatic heterocycles. The molecule has 1 aromatic rings. The van der Waals surface area contributed by atoms with Crippen LogP contribution in [0, 0.1) is 0 Å². The summed E-state index contributed by atoms with van der Waals surface area (Å²) in [5, 5.41) is 3.29. The fourth-order valence-corrected chi connectivity index (χ4v) is 1.89. The lowest BCUT2D eigenvalue weighted by molar-refractivity contribution is 0.126. The number of fused-ring (bicyclic) bond motifs is 1. The van der Waals surface area contributed by atoms with E-state index in [-0.39, 0.29) is 5.92 Å². The third kappa shape index (κ3) is 1.42. The number of hydrogen-bond donors (Lipinski definition) is 2. The van der Waals surface area contributed by atoms with Gasteiger partial charge in [0.2, 0.25) is 0 Å². The maximum atomic E-state index is 5.30. The first-order valence-corrected chi connectivity index (χ1v) is 4.59. The summed E-state index contributed by atoms with van der Waals surface area (Å²) in [7, 11) is 1.67. The van der Waals surface area contributed by atoms with Gasteiger partial charge >= 0.3 is 0 Å². The highest BCUT2D eigenvalue weighted by Gasteiger charge is 2.25. The van der Waals surface area contributed by atoms with Crippen molar-refractivity contribution in [1.29, 1.82) is 0 Å². The van der Waals surface area contributed by atoms with E-state index in [9.17, 15) is 0 Å². The van der Waals surface area contributed by atoms with Crippen molar-refractivity contribution in [3.8, 4) is 5.75 Å². The molecule has 2 rings (SSSR count). The summed E-state index contributed by atoms with van der Waals surface area (Å²) < 4.78 is 5.30. The van der Waals surface area contributed by atoms with Gasteiger partial charge in [-0.25, -0.2) is 5.90 Å². The Morgan fingerprint density at radius 1 is 1.57 bits per heavy atom. The van der Waals surface area contributed by atoms with Crippen molar-refractivity contribution in [2.75, 3.05) is 25.6 Å². The first-order valence-electron chi connectivity index (χ1n) is 4.59. The minimum absolute atomic E-state index is 0.283. The van der Waals surface area contributed by atoms with Gasteiger partial charge in [-0.3, -0.25) is 0 Å². The number of methoxy groups -OCH3 is 1. The van der Waals surface area contributed by atoms with E-state index < -0.39 is 0 Å². The van der Waals surface area contributed by atoms with Crippen molar-refractivity contribution in [2.45, 2.75) is 5.92 Å². The van der Waals surface area contributed by atoms with Crippen molar-refractivity contribution < 1.29 is 9.57 Å². The molecule has 0 saturated carbocycles. The van der Waals surface area contributed by atoms with Crippen molar-refractivity contribution in [2.24, 2.45) is 5.90 Å². The number of hydrogen-bond acceptors (Lipinski definition) is 4. The maximum Gasteiger partial charge on any atom is 0.124 e. The average molecular weight is 194 g/mol. The number of nitrogens with two attached hydrogens (primary N) is 1. The van der Waals surface area contributed by atoms with E-state index in [0.717, 1.165) is 18.0 Å². The van der Waals surface area contributed by atoms with Gasteiger partial charge in [0.15, 0.2) is 0 Å². The van der Waals surface area contributed by atoms with Crippen LogP contribution in [0.4, 0.5) is 5.69 Å². The molecule has 3 N–H and O–H groups in total. The zero-order chi connectivity index (χ0) is 9.97. The van der Waals surface area contributed by atoms with E-state index in [0.29, 0.717) is 6.61 Å². The molecule has 0 spiro atoms. The molecule has 4 nitrogen and oxygen atoms in total. The van der Waals surface area contributed by atoms with E-state index in [1.165, 1.54) is 5.56 Å². The van der Waals surface area contributed by atoms with E-state index in [2.05, 4.69) is 10.2 Å². The van der Waals surface area contributed by atoms with Gasteiger partial charge in [-0.05, 0) is 12.1 Å². The molecule has 14 heavy (non-hydrogen) atoms. The largest absolute Gasteiger partial charge is 0.496 e. The zero-order valence-electron chi connectivity index (χ0n) is 8.12. The Morgan fingerprint density at radius 2 is 2.43 bits per heavy atom. The first kappa shape index (κ1) is 9.30. The van der Waals surface area contributed by atoms with E-state index >= 15 is 0 Å². The SMILES string of the molecule is COc1cccc2c1C(CON)CN2. The molecule has 1 aromatic carbocycles. The zero-order valence-corrected chi connectivity index (χ0v) is 8.12. The Kier molecular flexibility index (Phi) is 2.56. The molecule has 0 amide bonds. The molecule has 0 radical (unpaired) electrons. The molecule has 0 fully saturated rings. The van der Waals surface area contributed by atoms with Gasteiger partial charge < -0.3 is 14.9 Å². The Labute approximate surface area is 83.0 Å². The van der Waals surface area contributed by atoms with Gasteiger partial charge in [0.05, 0.1) is 13.7 Å². The monoisotopic (exact) mass is 194 g/mol. The summed E-state index contributed by atoms with van der Waals surface area (Å²) in [6.07, 6.45) is 0. The highest BCUT2D eigenvalue weighted by Crippen LogP contribution is 2.38. The topological polar surface area (TPSA) is 56.5 Å². The van der Waals surface area contributed by atoms with Crippen LogP contribution in [0.1, 0.15) is 11.5 Å². The third-order valence-corrected chi connectivity index (χ3v) is 2.53. The van der Waals surface area contributed by atoms with Gasteiger partial charge in [0, 0.05) is 23.7 Å². The highest BCUT2D eigenvalue weighted by molar-refractivity contribution is 5.63. The van der Waals surface area contributed by atoms with Gasteiger partial charge in [-0.2, -0.15) is 0 Å². The van der Waals surface area contributed by atoms with Crippen LogP contribution in [0.25, 0.3) is 0 Å². The lowest BCUT2D eigenvalue weighted by Crippen LogP contribution is -2.13. The molecule has 4 heteroatoms. The number of anilines is 1. The Balaban J connectivity index is 2.35. The Bertz CT molecular complexity index is 326. The predicted octanol–water partition coefficient (Wildman–Crippen LogP) is 1.09. The smallest absolute Gasteiger partial charge is 0.124 e. The average Bonchev–Trinajstić information content (AvgIpc) is 2.62. The van der Waals surface area contributed by atoms with Crippen LogP contribution in [-0.4, -0.2) is 20.3 Å². The molecule has 0 aromatic heterocycles. The summed E-state index contributed by atoms with van der Waals surface area (Å²) in [5.74, 6) is 6.27. The molecule has 1 heterocycles. The van der Waals surface area contributed by atoms with Crippen LogP contribution < -0.4 is 16.0 Å². The minimum Gasteiger partial charge on any atom is -0.496 e. The van der Waals surface area contributed by atoms with Crippen LogP contribution in [0.5, 0.6) is 5.75 Å². The molecular weight excluding hydrogens is 180 g/mol. The lowest BCUT2D eigenvalue weighted by Gasteiger charge is -2.11. The van der Waals surface area contributed by atoms with E-state index in [1.54, 1.807) is 7.11 Å². The quantitative estimate of drug-likeness (QED) is 0.707. The molecule has 0 saturated heterocycles. The van der Waals surface area contributed by atoms with E-state index in [1.807, 2.05) is 18.2 Å². The predicted molar refractivity (Wildman–Crippen MR) is 54.4 cm³/mol. The molecule has 1 atom stereocenters. The first-order chi connectivity index (χ1) is 6.86. The number of rotatable bonds is 3. The molecule has 0 aliphatic carbocycles. The minimum atomic E-state index is 0.283. The number of benzene rings is 1. The Hall–Kier alpha value is -1.26. The molecule has 76 valence electrons. The number of ether oxygens (including phenoxy) is 1. The fourth-order valence-electron chi connectivity index (χ4n) is 1.89. The fraction of sp³-hybridized carbons (Fsp3) is 0.400. The van der Waals surface area contributed by atoms with Crippen LogP contribution in [-0.2, 0) is 4.84 Å². The summed E-state index contributed by atoms with van der Waals surface area (Å²) in [5.41, 5.74) is 2.28. The highest BCUT2D eigenvalue weighted by atomic mass is 16.6. The van der Waals surface area contributed by atoms with Crippen molar-refractivity contribution in [1.82, 2.24) is 0 Å². The third-order valence-electron chi connectivity index (χ3n) is 2.53. The van der Waals surface area contributed by atoms with Crippen LogP contribution in [0.2, 0.25) is 0 Å². The molecule has 0 bridgehead atoms. The lowest BCUT2D eigenvalue weighted by atomic mass is 10.0. The molecule has 1 unspecified atom stereocenters. The number of nitrogens with one attached hydrogen (secondary N) is 1.